The van der Waals surface area contributed by atoms with Gasteiger partial charge >= 0.3 is 0 Å². The number of hydrogen-bond donors (Lipinski definition) is 0. The number of aromatic nitrogens is 2. The van der Waals surface area contributed by atoms with Crippen LogP contribution in [0.4, 0.5) is 0 Å². The van der Waals surface area contributed by atoms with Crippen LogP contribution in [-0.4, -0.2) is 22.4 Å². The number of rotatable bonds is 8. The first-order valence-corrected chi connectivity index (χ1v) is 13.0. The van der Waals surface area contributed by atoms with E-state index in [0.29, 0.717) is 5.92 Å². The second kappa shape index (κ2) is 8.30. The molecule has 31 heavy (non-hydrogen) atoms. The summed E-state index contributed by atoms with van der Waals surface area (Å²) in [4.78, 5) is 5.17. The maximum atomic E-state index is 10.2. The van der Waals surface area contributed by atoms with Gasteiger partial charge < -0.3 is 9.30 Å². The molecule has 3 aliphatic carbocycles. The van der Waals surface area contributed by atoms with Crippen LogP contribution in [0.5, 0.6) is 0 Å². The topological polar surface area (TPSA) is 50.8 Å². The molecular weight excluding hydrogens is 402 g/mol. The Bertz CT molecular complexity index is 961. The molecule has 0 N–H and O–H groups in total. The van der Waals surface area contributed by atoms with Gasteiger partial charge in [0.2, 0.25) is 0 Å². The second-order valence-electron chi connectivity index (χ2n) is 9.89. The molecule has 3 saturated carbocycles. The monoisotopic (exact) mass is 435 g/mol. The van der Waals surface area contributed by atoms with E-state index in [0.717, 1.165) is 61.2 Å². The molecule has 0 unspecified atom stereocenters. The highest BCUT2D eigenvalue weighted by molar-refractivity contribution is 7.98. The number of benzene rings is 1. The van der Waals surface area contributed by atoms with Gasteiger partial charge in [-0.05, 0) is 81.9 Å². The fourth-order valence-electron chi connectivity index (χ4n) is 5.13. The molecule has 0 amide bonds. The van der Waals surface area contributed by atoms with Crippen LogP contribution in [0.2, 0.25) is 0 Å². The number of nitrogens with zero attached hydrogens (tertiary/aromatic N) is 3. The van der Waals surface area contributed by atoms with Crippen molar-refractivity contribution in [3.05, 3.63) is 47.4 Å². The molecule has 2 aromatic rings. The molecule has 1 aromatic carbocycles. The molecule has 5 rings (SSSR count). The number of imidazole rings is 1. The van der Waals surface area contributed by atoms with Crippen molar-refractivity contribution in [1.29, 1.82) is 5.26 Å². The standard InChI is InChI=1S/C26H33N3OS/c1-19-23(31-2)28-24(29(19)16-20-8-9-20)26(30-17-21-10-11-21)14-12-25(18-27,13-15-26)22-6-4-3-5-7-22/h3-7,20-21H,8-17H2,1-2H3/t25-,26+. The minimum atomic E-state index is -0.418. The third-order valence-corrected chi connectivity index (χ3v) is 8.43. The molecule has 0 atom stereocenters. The summed E-state index contributed by atoms with van der Waals surface area (Å²) in [6.07, 6.45) is 10.7. The molecule has 0 aliphatic heterocycles. The van der Waals surface area contributed by atoms with Gasteiger partial charge in [0.1, 0.15) is 16.5 Å². The van der Waals surface area contributed by atoms with Crippen LogP contribution < -0.4 is 0 Å². The van der Waals surface area contributed by atoms with Crippen molar-refractivity contribution in [3.8, 4) is 6.07 Å². The Hall–Kier alpha value is -1.77. The van der Waals surface area contributed by atoms with Crippen molar-refractivity contribution in [2.24, 2.45) is 11.8 Å². The maximum absolute atomic E-state index is 10.2. The smallest absolute Gasteiger partial charge is 0.142 e. The number of hydrogen-bond acceptors (Lipinski definition) is 4. The predicted octanol–water partition coefficient (Wildman–Crippen LogP) is 5.98. The lowest BCUT2D eigenvalue weighted by Crippen LogP contribution is -2.43. The summed E-state index contributed by atoms with van der Waals surface area (Å²) in [7, 11) is 0. The van der Waals surface area contributed by atoms with E-state index in [4.69, 9.17) is 9.72 Å². The summed E-state index contributed by atoms with van der Waals surface area (Å²) < 4.78 is 9.28. The van der Waals surface area contributed by atoms with Gasteiger partial charge in [-0.2, -0.15) is 5.26 Å². The van der Waals surface area contributed by atoms with Crippen LogP contribution >= 0.6 is 11.8 Å². The first-order valence-electron chi connectivity index (χ1n) is 11.8. The lowest BCUT2D eigenvalue weighted by molar-refractivity contribution is -0.0961. The third kappa shape index (κ3) is 4.05. The van der Waals surface area contributed by atoms with Gasteiger partial charge in [0.25, 0.3) is 0 Å². The van der Waals surface area contributed by atoms with Crippen molar-refractivity contribution < 1.29 is 4.74 Å². The van der Waals surface area contributed by atoms with E-state index < -0.39 is 5.41 Å². The van der Waals surface area contributed by atoms with Gasteiger partial charge in [-0.1, -0.05) is 30.3 Å². The van der Waals surface area contributed by atoms with E-state index in [9.17, 15) is 5.26 Å². The fraction of sp³-hybridized carbons (Fsp3) is 0.615. The molecule has 0 bridgehead atoms. The molecule has 1 heterocycles. The maximum Gasteiger partial charge on any atom is 0.142 e. The van der Waals surface area contributed by atoms with E-state index in [1.807, 2.05) is 6.07 Å². The molecule has 3 aliphatic rings. The quantitative estimate of drug-likeness (QED) is 0.479. The highest BCUT2D eigenvalue weighted by atomic mass is 32.2. The van der Waals surface area contributed by atoms with Gasteiger partial charge in [-0.15, -0.1) is 11.8 Å². The van der Waals surface area contributed by atoms with Crippen LogP contribution in [0.25, 0.3) is 0 Å². The van der Waals surface area contributed by atoms with E-state index >= 15 is 0 Å². The van der Waals surface area contributed by atoms with Gasteiger partial charge in [0.05, 0.1) is 18.1 Å². The zero-order valence-corrected chi connectivity index (χ0v) is 19.6. The van der Waals surface area contributed by atoms with E-state index in [-0.39, 0.29) is 5.60 Å². The van der Waals surface area contributed by atoms with Crippen LogP contribution in [0.15, 0.2) is 35.4 Å². The van der Waals surface area contributed by atoms with Crippen molar-refractivity contribution >= 4 is 11.8 Å². The fourth-order valence-corrected chi connectivity index (χ4v) is 5.72. The Balaban J connectivity index is 1.49. The normalized spacial score (nSPS) is 28.4. The average molecular weight is 436 g/mol. The van der Waals surface area contributed by atoms with Crippen molar-refractivity contribution in [1.82, 2.24) is 9.55 Å². The molecule has 164 valence electrons. The van der Waals surface area contributed by atoms with Gasteiger partial charge in [0.15, 0.2) is 0 Å². The van der Waals surface area contributed by atoms with Crippen molar-refractivity contribution in [2.75, 3.05) is 12.9 Å². The molecule has 4 nitrogen and oxygen atoms in total. The van der Waals surface area contributed by atoms with Gasteiger partial charge in [-0.25, -0.2) is 4.98 Å². The van der Waals surface area contributed by atoms with E-state index in [2.05, 4.69) is 48.1 Å². The number of nitriles is 1. The number of ether oxygens (including phenoxy) is 1. The summed E-state index contributed by atoms with van der Waals surface area (Å²) >= 11 is 1.74. The zero-order valence-electron chi connectivity index (χ0n) is 18.8. The minimum Gasteiger partial charge on any atom is -0.367 e. The Morgan fingerprint density at radius 1 is 1.10 bits per heavy atom. The van der Waals surface area contributed by atoms with Crippen LogP contribution in [0.3, 0.4) is 0 Å². The largest absolute Gasteiger partial charge is 0.367 e. The average Bonchev–Trinajstić information content (AvgIpc) is 3.74. The van der Waals surface area contributed by atoms with E-state index in [1.165, 1.54) is 31.4 Å². The zero-order chi connectivity index (χ0) is 21.5. The van der Waals surface area contributed by atoms with Crippen LogP contribution in [0.1, 0.15) is 68.4 Å². The van der Waals surface area contributed by atoms with E-state index in [1.54, 1.807) is 11.8 Å². The van der Waals surface area contributed by atoms with Crippen LogP contribution in [-0.2, 0) is 22.3 Å². The number of thioether (sulfide) groups is 1. The molecule has 3 fully saturated rings. The third-order valence-electron chi connectivity index (χ3n) is 7.66. The first-order chi connectivity index (χ1) is 15.1. The summed E-state index contributed by atoms with van der Waals surface area (Å²) in [6, 6.07) is 13.1. The Labute approximate surface area is 190 Å². The predicted molar refractivity (Wildman–Crippen MR) is 124 cm³/mol. The van der Waals surface area contributed by atoms with Gasteiger partial charge in [0, 0.05) is 12.2 Å². The minimum absolute atomic E-state index is 0.370. The van der Waals surface area contributed by atoms with Crippen molar-refractivity contribution in [3.63, 3.8) is 0 Å². The molecule has 1 aromatic heterocycles. The van der Waals surface area contributed by atoms with Gasteiger partial charge in [-0.3, -0.25) is 0 Å². The van der Waals surface area contributed by atoms with Crippen molar-refractivity contribution in [2.45, 2.75) is 80.9 Å². The summed E-state index contributed by atoms with van der Waals surface area (Å²) in [6.45, 7) is 4.10. The summed E-state index contributed by atoms with van der Waals surface area (Å²) in [5.41, 5.74) is 1.64. The molecular formula is C26H33N3OS. The highest BCUT2D eigenvalue weighted by Crippen LogP contribution is 2.50. The molecule has 0 saturated heterocycles. The highest BCUT2D eigenvalue weighted by Gasteiger charge is 2.49. The first kappa shape index (κ1) is 21.1. The lowest BCUT2D eigenvalue weighted by Gasteiger charge is -2.43. The molecule has 0 radical (unpaired) electrons. The SMILES string of the molecule is CSc1nc([C@]2(OCC3CC3)CC[C@@](C#N)(c3ccccc3)CC2)n(CC2CC2)c1C. The lowest BCUT2D eigenvalue weighted by atomic mass is 9.65. The van der Waals surface area contributed by atoms with Crippen LogP contribution in [0, 0.1) is 30.1 Å². The second-order valence-corrected chi connectivity index (χ2v) is 10.7. The Morgan fingerprint density at radius 2 is 1.77 bits per heavy atom. The molecule has 0 spiro atoms. The summed E-state index contributed by atoms with van der Waals surface area (Å²) in [5.74, 6) is 2.62. The summed E-state index contributed by atoms with van der Waals surface area (Å²) in [5, 5.41) is 11.3. The molecule has 5 heteroatoms. The Kier molecular flexibility index (Phi) is 5.65. The Morgan fingerprint density at radius 3 is 2.35 bits per heavy atom.